The number of Topliss-reactive ketones (excluding diaryl/α,β-unsaturated/α-hetero) is 1. The number of carbonyl (C=O) groups is 5. The predicted octanol–water partition coefficient (Wildman–Crippen LogP) is 3.19. The second-order valence-corrected chi connectivity index (χ2v) is 43.0. The first-order valence-corrected chi connectivity index (χ1v) is 50.9. The van der Waals surface area contributed by atoms with E-state index in [0.29, 0.717) is 97.9 Å². The molecule has 13 heterocycles. The number of fused-ring (bicyclic) bond motifs is 5. The molecule has 13 rings (SSSR count). The summed E-state index contributed by atoms with van der Waals surface area (Å²) in [6, 6.07) is 0. The molecule has 0 saturated carbocycles. The van der Waals surface area contributed by atoms with Crippen LogP contribution in [-0.2, 0) is 99.8 Å². The molecule has 0 bridgehead atoms. The summed E-state index contributed by atoms with van der Waals surface area (Å²) in [5.74, 6) is -2.40. The van der Waals surface area contributed by atoms with Gasteiger partial charge in [-0.2, -0.15) is 0 Å². The fourth-order valence-corrected chi connectivity index (χ4v) is 11.9. The zero-order valence-electron chi connectivity index (χ0n) is 49.7. The molecule has 528 valence electrons. The fraction of sp³-hybridized carbons (Fsp3) is 0.796. The maximum atomic E-state index is 11.1. The minimum atomic E-state index is -1.08. The largest absolute Gasteiger partial charge is 0.501 e. The van der Waals surface area contributed by atoms with E-state index in [1.807, 2.05) is 6.08 Å². The summed E-state index contributed by atoms with van der Waals surface area (Å²) in [6.07, 6.45) is 9.64. The predicted molar refractivity (Wildman–Crippen MR) is 367 cm³/mol. The summed E-state index contributed by atoms with van der Waals surface area (Å²) in [4.78, 5) is 52.6. The molecule has 0 aromatic rings. The monoisotopic (exact) mass is 2140 g/mol. The Morgan fingerprint density at radius 1 is 0.626 bits per heavy atom. The van der Waals surface area contributed by atoms with Gasteiger partial charge in [-0.15, -0.1) is 0 Å². The number of aliphatic hydroxyl groups is 6. The topological polar surface area (TPSA) is 354 Å². The Hall–Kier alpha value is 1.59. The molecule has 0 aliphatic carbocycles. The molecule has 91 heavy (non-hydrogen) atoms. The maximum Gasteiger partial charge on any atom is 0.175 e. The molecule has 0 aromatic carbocycles. The van der Waals surface area contributed by atoms with Gasteiger partial charge in [0.1, 0.15) is 29.5 Å². The Morgan fingerprint density at radius 2 is 1.09 bits per heavy atom. The van der Waals surface area contributed by atoms with Gasteiger partial charge in [-0.25, -0.2) is 9.59 Å². The van der Waals surface area contributed by atoms with Crippen molar-refractivity contribution in [2.75, 3.05) is 106 Å². The van der Waals surface area contributed by atoms with Crippen LogP contribution in [0.25, 0.3) is 0 Å². The van der Waals surface area contributed by atoms with E-state index >= 15 is 0 Å². The van der Waals surface area contributed by atoms with Crippen molar-refractivity contribution in [1.82, 2.24) is 0 Å². The first-order chi connectivity index (χ1) is 43.4. The van der Waals surface area contributed by atoms with Gasteiger partial charge in [-0.05, 0) is 69.2 Å². The summed E-state index contributed by atoms with van der Waals surface area (Å²) in [5, 5.41) is 53.7. The Bertz CT molecular complexity index is 2210. The average molecular weight is 2150 g/mol. The van der Waals surface area contributed by atoms with Gasteiger partial charge in [0.25, 0.3) is 5.78 Å². The van der Waals surface area contributed by atoms with E-state index in [1.54, 1.807) is 20.1 Å². The molecule has 0 spiro atoms. The molecular weight excluding hydrogens is 2070 g/mol. The molecule has 13 aliphatic rings. The molecule has 6 N–H and O–H groups in total. The van der Waals surface area contributed by atoms with Crippen LogP contribution in [-0.4, -0.2) is 251 Å². The van der Waals surface area contributed by atoms with E-state index in [4.69, 9.17) is 88.1 Å². The maximum absolute atomic E-state index is 11.1. The van der Waals surface area contributed by atoms with Crippen LogP contribution < -0.4 is 13.3 Å². The number of esters is 3. The van der Waals surface area contributed by atoms with Gasteiger partial charge >= 0.3 is 73.6 Å². The van der Waals surface area contributed by atoms with Crippen molar-refractivity contribution >= 4 is 179 Å². The van der Waals surface area contributed by atoms with Gasteiger partial charge in [0, 0.05) is 74.9 Å². The summed E-state index contributed by atoms with van der Waals surface area (Å²) in [5.41, 5.74) is 1.19. The van der Waals surface area contributed by atoms with Gasteiger partial charge in [-0.1, -0.05) is 63.7 Å². The van der Waals surface area contributed by atoms with E-state index in [-0.39, 0.29) is 92.7 Å². The number of alkyl halides is 4. The smallest absolute Gasteiger partial charge is 0.175 e. The third-order valence-corrected chi connectivity index (χ3v) is 19.9. The normalized spacial score (nSPS) is 34.8. The number of carbonyl (C=O) groups excluding carboxylic acids is 5. The number of ether oxygens (including phenoxy) is 16. The standard InChI is InChI=1S/C8H11BrO4.C8H10O4.3C6H9BrO3.2C6H10O3.C4H5ClO3.C4H6O.I3.I2/c1-5(10)13-6-4-12-7-8(6,9)2-3-11-7;1-2-12-8(10)7(9)6-3-4-11-5-6;3*7-6-1-2-9-5(6)10-3-4(6)8;7-5-3-9-6-4(5)1-2-8-6;7-3-6(8)5-1-2-9-4-5;1-2-8-4(7)3(5)6;1-2-4-5-3-1;1-3-2;1-2/h6-7H,2-4H2,1H3;5H,2-4H2,1H3;3*4-5,8H,1-3H2;4-7H,1-3H2;4,6-8H,1-3H2;2H2,1H3;1,3H,2,4H2;;/q;;;;;;;;;-1;/t6-,7+,8+;;2*4-,5+,6+;4-,5-,6-;4-,5-,6+;;;;;/m1.0010...../s1. The number of halogens is 10. The van der Waals surface area contributed by atoms with E-state index in [9.17, 15) is 44.4 Å². The van der Waals surface area contributed by atoms with Crippen LogP contribution in [0.1, 0.15) is 72.1 Å². The first-order valence-electron chi connectivity index (χ1n) is 28.5. The summed E-state index contributed by atoms with van der Waals surface area (Å²) in [7, 11) is 0. The quantitative estimate of drug-likeness (QED) is 0.0507. The molecule has 0 amide bonds. The van der Waals surface area contributed by atoms with Gasteiger partial charge in [0.05, 0.1) is 149 Å². The average Bonchev–Trinajstić information content (AvgIpc) is 1.84. The summed E-state index contributed by atoms with van der Waals surface area (Å²) >= 11 is 28.1. The van der Waals surface area contributed by atoms with Crippen LogP contribution in [0, 0.1) is 5.92 Å². The molecule has 1 unspecified atom stereocenters. The van der Waals surface area contributed by atoms with Crippen molar-refractivity contribution in [2.24, 2.45) is 5.92 Å². The number of aliphatic hydroxyl groups excluding tert-OH is 6. The van der Waals surface area contributed by atoms with Gasteiger partial charge in [0.15, 0.2) is 31.5 Å². The van der Waals surface area contributed by atoms with Crippen molar-refractivity contribution in [3.05, 3.63) is 36.0 Å². The summed E-state index contributed by atoms with van der Waals surface area (Å²) < 4.78 is 79.2. The number of hydrogen-bond donors (Lipinski definition) is 6. The molecule has 37 heteroatoms. The molecular formula is C54H79Br4ClI5O27-. The first kappa shape index (κ1) is 86.8. The van der Waals surface area contributed by atoms with Crippen molar-refractivity contribution in [3.63, 3.8) is 0 Å². The van der Waals surface area contributed by atoms with E-state index < -0.39 is 47.4 Å². The van der Waals surface area contributed by atoms with E-state index in [2.05, 4.69) is 148 Å². The van der Waals surface area contributed by atoms with E-state index in [1.165, 1.54) is 19.4 Å². The Morgan fingerprint density at radius 3 is 1.45 bits per heavy atom. The number of rotatable bonds is 8. The second-order valence-electron chi connectivity index (χ2n) is 20.5. The Kier molecular flexibility index (Phi) is 44.0. The summed E-state index contributed by atoms with van der Waals surface area (Å²) in [6.45, 7) is 12.3. The fourth-order valence-electron chi connectivity index (χ4n) is 9.56. The third-order valence-electron chi connectivity index (χ3n) is 14.6. The minimum Gasteiger partial charge on any atom is -0.501 e. The van der Waals surface area contributed by atoms with Crippen LogP contribution in [0.4, 0.5) is 0 Å². The molecule has 16 atom stereocenters. The van der Waals surface area contributed by atoms with Crippen LogP contribution in [0.15, 0.2) is 36.0 Å². The zero-order chi connectivity index (χ0) is 67.8. The number of hydrogen-bond acceptors (Lipinski definition) is 27. The third kappa shape index (κ3) is 27.5. The molecule has 0 aromatic heterocycles. The molecule has 27 nitrogen and oxygen atoms in total. The Labute approximate surface area is 620 Å². The van der Waals surface area contributed by atoms with Crippen LogP contribution >= 0.6 is 150 Å². The van der Waals surface area contributed by atoms with Crippen LogP contribution in [0.3, 0.4) is 0 Å². The van der Waals surface area contributed by atoms with Crippen molar-refractivity contribution in [3.8, 4) is 0 Å². The SMILES string of the molecule is C1=COCC1.CC(=O)O[C@@H]1CO[C@@H]2OCC[C@@]21Br.CCOC(=O)C(=O)C1=COCC1.CCOC(=O)C(=O)Cl.II.I[I-]I.OCC(O)C1=COCC1.O[C@@H]1CO[C@H]2OCC[C@]21Br.O[C@H]1CO[C@H]2OCC[C@H]21.O[C@H]1CO[C@H]2OCC[C@]21Br.O[C@H]1CO[C@H]2OCC[C@]21Br. The van der Waals surface area contributed by atoms with Gasteiger partial charge in [-0.3, -0.25) is 14.4 Å². The molecule has 10 fully saturated rings. The van der Waals surface area contributed by atoms with Crippen molar-refractivity contribution in [2.45, 2.75) is 158 Å². The minimum absolute atomic E-state index is 0.0972. The van der Waals surface area contributed by atoms with Crippen LogP contribution in [0.2, 0.25) is 0 Å². The molecule has 0 radical (unpaired) electrons. The Balaban J connectivity index is 0.000000267. The van der Waals surface area contributed by atoms with Gasteiger partial charge in [0.2, 0.25) is 0 Å². The molecule has 10 saturated heterocycles. The van der Waals surface area contributed by atoms with Gasteiger partial charge < -0.3 is 106 Å². The zero-order valence-corrected chi connectivity index (χ0v) is 67.6. The van der Waals surface area contributed by atoms with Crippen LogP contribution in [0.5, 0.6) is 0 Å². The van der Waals surface area contributed by atoms with Crippen molar-refractivity contribution in [1.29, 1.82) is 0 Å². The second kappa shape index (κ2) is 46.2. The number of ketones is 1. The molecule has 13 aliphatic heterocycles. The van der Waals surface area contributed by atoms with E-state index in [0.717, 1.165) is 63.7 Å². The van der Waals surface area contributed by atoms with Crippen molar-refractivity contribution < 1.29 is 144 Å².